The molecule has 0 bridgehead atoms. The van der Waals surface area contributed by atoms with Gasteiger partial charge < -0.3 is 29.7 Å². The van der Waals surface area contributed by atoms with E-state index in [4.69, 9.17) is 18.9 Å². The minimum atomic E-state index is -0.704. The van der Waals surface area contributed by atoms with E-state index in [0.29, 0.717) is 22.9 Å². The number of ether oxygens (including phenoxy) is 4. The van der Waals surface area contributed by atoms with Crippen molar-refractivity contribution < 1.29 is 28.5 Å². The first-order chi connectivity index (χ1) is 14.4. The van der Waals surface area contributed by atoms with Crippen molar-refractivity contribution in [2.45, 2.75) is 13.0 Å². The van der Waals surface area contributed by atoms with Crippen LogP contribution < -0.4 is 30.4 Å². The van der Waals surface area contributed by atoms with Gasteiger partial charge in [0.15, 0.2) is 0 Å². The van der Waals surface area contributed by atoms with Gasteiger partial charge in [-0.15, -0.1) is 0 Å². The van der Waals surface area contributed by atoms with Crippen molar-refractivity contribution in [3.8, 4) is 17.2 Å². The second kappa shape index (κ2) is 11.2. The van der Waals surface area contributed by atoms with E-state index in [-0.39, 0.29) is 24.6 Å². The van der Waals surface area contributed by atoms with Gasteiger partial charge in [0.25, 0.3) is 0 Å². The van der Waals surface area contributed by atoms with Crippen LogP contribution in [0.3, 0.4) is 0 Å². The van der Waals surface area contributed by atoms with Gasteiger partial charge in [-0.3, -0.25) is 4.79 Å². The maximum Gasteiger partial charge on any atom is 0.426 e. The number of nitrogens with one attached hydrogen (secondary N) is 3. The lowest BCUT2D eigenvalue weighted by Gasteiger charge is -2.13. The first-order valence-corrected chi connectivity index (χ1v) is 8.96. The van der Waals surface area contributed by atoms with Crippen LogP contribution in [-0.2, 0) is 16.1 Å². The predicted molar refractivity (Wildman–Crippen MR) is 111 cm³/mol. The second-order valence-electron chi connectivity index (χ2n) is 6.07. The van der Waals surface area contributed by atoms with Crippen molar-refractivity contribution in [1.29, 1.82) is 0 Å². The lowest BCUT2D eigenvalue weighted by Crippen LogP contribution is -2.37. The van der Waals surface area contributed by atoms with E-state index in [1.165, 1.54) is 14.2 Å². The molecule has 0 aliphatic rings. The van der Waals surface area contributed by atoms with E-state index in [0.717, 1.165) is 5.56 Å². The third-order valence-electron chi connectivity index (χ3n) is 3.93. The number of rotatable bonds is 10. The summed E-state index contributed by atoms with van der Waals surface area (Å²) in [7, 11) is 4.61. The largest absolute Gasteiger partial charge is 0.497 e. The maximum atomic E-state index is 12.2. The summed E-state index contributed by atoms with van der Waals surface area (Å²) in [6, 6.07) is 12.1. The van der Waals surface area contributed by atoms with Crippen LogP contribution >= 0.6 is 0 Å². The molecule has 2 aromatic carbocycles. The Labute approximate surface area is 174 Å². The van der Waals surface area contributed by atoms with Gasteiger partial charge in [-0.1, -0.05) is 18.7 Å². The monoisotopic (exact) mass is 415 g/mol. The van der Waals surface area contributed by atoms with E-state index in [2.05, 4.69) is 22.7 Å². The molecule has 0 aliphatic heterocycles. The fourth-order valence-electron chi connectivity index (χ4n) is 2.38. The molecule has 0 saturated heterocycles. The highest BCUT2D eigenvalue weighted by Gasteiger charge is 2.11. The summed E-state index contributed by atoms with van der Waals surface area (Å²) in [5.74, 6) is 1.44. The van der Waals surface area contributed by atoms with E-state index < -0.39 is 6.09 Å². The molecule has 30 heavy (non-hydrogen) atoms. The number of carbonyl (C=O) groups is 2. The topological polar surface area (TPSA) is 107 Å². The molecule has 0 heterocycles. The maximum absolute atomic E-state index is 12.2. The normalized spacial score (nSPS) is 9.83. The minimum absolute atomic E-state index is 0.0755. The quantitative estimate of drug-likeness (QED) is 0.512. The Morgan fingerprint density at radius 2 is 1.57 bits per heavy atom. The lowest BCUT2D eigenvalue weighted by atomic mass is 10.2. The van der Waals surface area contributed by atoms with Crippen molar-refractivity contribution in [2.75, 3.05) is 26.6 Å². The van der Waals surface area contributed by atoms with Gasteiger partial charge in [0, 0.05) is 11.8 Å². The average Bonchev–Trinajstić information content (AvgIpc) is 2.76. The molecule has 0 radical (unpaired) electrons. The molecule has 160 valence electrons. The lowest BCUT2D eigenvalue weighted by molar-refractivity contribution is -0.115. The standard InChI is InChI=1S/C21H25N3O6/c1-14(11-20(25)22-18-10-9-17(28-3)12-19(18)29-4)23-24-21(26)30-13-15-5-7-16(27-2)8-6-15/h5-10,12,23H,1,11,13H2,2-4H3,(H,22,25)(H,24,26). The van der Waals surface area contributed by atoms with Gasteiger partial charge in [-0.05, 0) is 29.8 Å². The molecule has 0 aromatic heterocycles. The van der Waals surface area contributed by atoms with Crippen LogP contribution in [0.25, 0.3) is 0 Å². The zero-order chi connectivity index (χ0) is 21.9. The van der Waals surface area contributed by atoms with Gasteiger partial charge >= 0.3 is 6.09 Å². The molecule has 2 aromatic rings. The fourth-order valence-corrected chi connectivity index (χ4v) is 2.38. The summed E-state index contributed by atoms with van der Waals surface area (Å²) in [5, 5.41) is 2.71. The number of amides is 2. The van der Waals surface area contributed by atoms with E-state index in [1.807, 2.05) is 0 Å². The number of benzene rings is 2. The van der Waals surface area contributed by atoms with Crippen molar-refractivity contribution in [3.05, 3.63) is 60.3 Å². The van der Waals surface area contributed by atoms with Gasteiger partial charge in [-0.25, -0.2) is 10.2 Å². The summed E-state index contributed by atoms with van der Waals surface area (Å²) in [6.07, 6.45) is -0.780. The summed E-state index contributed by atoms with van der Waals surface area (Å²) in [5.41, 5.74) is 6.45. The number of hydrazine groups is 1. The highest BCUT2D eigenvalue weighted by atomic mass is 16.6. The van der Waals surface area contributed by atoms with Crippen molar-refractivity contribution >= 4 is 17.7 Å². The zero-order valence-electron chi connectivity index (χ0n) is 17.1. The molecule has 9 heteroatoms. The Hall–Kier alpha value is -3.88. The van der Waals surface area contributed by atoms with Crippen LogP contribution in [0.1, 0.15) is 12.0 Å². The second-order valence-corrected chi connectivity index (χ2v) is 6.07. The molecule has 0 atom stereocenters. The molecular weight excluding hydrogens is 390 g/mol. The number of anilines is 1. The Kier molecular flexibility index (Phi) is 8.37. The summed E-state index contributed by atoms with van der Waals surface area (Å²) in [4.78, 5) is 24.0. The van der Waals surface area contributed by atoms with Gasteiger partial charge in [0.05, 0.1) is 33.4 Å². The molecule has 0 unspecified atom stereocenters. The van der Waals surface area contributed by atoms with Crippen molar-refractivity contribution in [3.63, 3.8) is 0 Å². The summed E-state index contributed by atoms with van der Waals surface area (Å²) in [6.45, 7) is 3.79. The zero-order valence-corrected chi connectivity index (χ0v) is 17.1. The Morgan fingerprint density at radius 1 is 0.900 bits per heavy atom. The van der Waals surface area contributed by atoms with Gasteiger partial charge in [0.2, 0.25) is 5.91 Å². The van der Waals surface area contributed by atoms with E-state index in [9.17, 15) is 9.59 Å². The molecule has 0 aliphatic carbocycles. The summed E-state index contributed by atoms with van der Waals surface area (Å²) >= 11 is 0. The molecule has 2 rings (SSSR count). The molecule has 0 fully saturated rings. The fraction of sp³-hybridized carbons (Fsp3) is 0.238. The number of methoxy groups -OCH3 is 3. The number of hydrogen-bond acceptors (Lipinski definition) is 7. The highest BCUT2D eigenvalue weighted by Crippen LogP contribution is 2.29. The Bertz CT molecular complexity index is 883. The van der Waals surface area contributed by atoms with E-state index >= 15 is 0 Å². The van der Waals surface area contributed by atoms with Gasteiger partial charge in [0.1, 0.15) is 23.9 Å². The smallest absolute Gasteiger partial charge is 0.426 e. The molecule has 9 nitrogen and oxygen atoms in total. The highest BCUT2D eigenvalue weighted by molar-refractivity contribution is 5.93. The predicted octanol–water partition coefficient (Wildman–Crippen LogP) is 2.99. The third kappa shape index (κ3) is 6.93. The minimum Gasteiger partial charge on any atom is -0.497 e. The van der Waals surface area contributed by atoms with Crippen LogP contribution in [0.15, 0.2) is 54.7 Å². The first kappa shape index (κ1) is 22.4. The van der Waals surface area contributed by atoms with E-state index in [1.54, 1.807) is 49.6 Å². The SMILES string of the molecule is C=C(CC(=O)Nc1ccc(OC)cc1OC)NNC(=O)OCc1ccc(OC)cc1. The number of carbonyl (C=O) groups excluding carboxylic acids is 2. The van der Waals surface area contributed by atoms with Crippen LogP contribution in [0, 0.1) is 0 Å². The van der Waals surface area contributed by atoms with Crippen molar-refractivity contribution in [1.82, 2.24) is 10.9 Å². The molecule has 0 saturated carbocycles. The van der Waals surface area contributed by atoms with Crippen LogP contribution in [0.5, 0.6) is 17.2 Å². The van der Waals surface area contributed by atoms with Crippen LogP contribution in [0.2, 0.25) is 0 Å². The summed E-state index contributed by atoms with van der Waals surface area (Å²) < 4.78 is 20.5. The first-order valence-electron chi connectivity index (χ1n) is 8.96. The van der Waals surface area contributed by atoms with Crippen molar-refractivity contribution in [2.24, 2.45) is 0 Å². The number of hydrogen-bond donors (Lipinski definition) is 3. The Balaban J connectivity index is 1.74. The molecule has 3 N–H and O–H groups in total. The molecule has 0 spiro atoms. The van der Waals surface area contributed by atoms with Gasteiger partial charge in [-0.2, -0.15) is 0 Å². The van der Waals surface area contributed by atoms with Crippen LogP contribution in [0.4, 0.5) is 10.5 Å². The van der Waals surface area contributed by atoms with Crippen LogP contribution in [-0.4, -0.2) is 33.3 Å². The molecule has 2 amide bonds. The average molecular weight is 415 g/mol. The third-order valence-corrected chi connectivity index (χ3v) is 3.93. The molecular formula is C21H25N3O6. The Morgan fingerprint density at radius 3 is 2.20 bits per heavy atom.